The van der Waals surface area contributed by atoms with Gasteiger partial charge in [0.2, 0.25) is 5.78 Å². The van der Waals surface area contributed by atoms with Crippen molar-refractivity contribution in [2.24, 2.45) is 5.14 Å². The number of halogens is 1. The van der Waals surface area contributed by atoms with Crippen LogP contribution in [0.1, 0.15) is 51.3 Å². The minimum Gasteiger partial charge on any atom is -0.353 e. The highest BCUT2D eigenvalue weighted by Gasteiger charge is 2.21. The second-order valence-corrected chi connectivity index (χ2v) is 8.38. The molecule has 0 aliphatic heterocycles. The zero-order valence-corrected chi connectivity index (χ0v) is 17.1. The molecule has 0 spiro atoms. The van der Waals surface area contributed by atoms with Crippen LogP contribution in [0.15, 0.2) is 48.5 Å². The van der Waals surface area contributed by atoms with Crippen molar-refractivity contribution in [3.8, 4) is 0 Å². The van der Waals surface area contributed by atoms with E-state index in [1.165, 1.54) is 6.07 Å². The Morgan fingerprint density at radius 1 is 1.10 bits per heavy atom. The van der Waals surface area contributed by atoms with Gasteiger partial charge in [-0.3, -0.25) is 9.52 Å². The van der Waals surface area contributed by atoms with Crippen LogP contribution < -0.4 is 9.86 Å². The highest BCUT2D eigenvalue weighted by Crippen LogP contribution is 2.28. The Kier molecular flexibility index (Phi) is 5.59. The lowest BCUT2D eigenvalue weighted by Crippen LogP contribution is -2.21. The van der Waals surface area contributed by atoms with Gasteiger partial charge in [-0.1, -0.05) is 42.8 Å². The molecule has 1 heterocycles. The van der Waals surface area contributed by atoms with E-state index in [2.05, 4.69) is 9.71 Å². The van der Waals surface area contributed by atoms with Gasteiger partial charge in [-0.2, -0.15) is 8.42 Å². The molecule has 29 heavy (non-hydrogen) atoms. The Balaban J connectivity index is 1.86. The van der Waals surface area contributed by atoms with Crippen molar-refractivity contribution in [1.82, 2.24) is 4.98 Å². The Morgan fingerprint density at radius 3 is 2.34 bits per heavy atom. The van der Waals surface area contributed by atoms with Gasteiger partial charge in [-0.05, 0) is 37.1 Å². The van der Waals surface area contributed by atoms with Crippen LogP contribution in [-0.2, 0) is 10.2 Å². The summed E-state index contributed by atoms with van der Waals surface area (Å²) in [7, 11) is -3.86. The molecule has 4 N–H and O–H groups in total. The van der Waals surface area contributed by atoms with E-state index in [1.807, 2.05) is 26.0 Å². The predicted molar refractivity (Wildman–Crippen MR) is 111 cm³/mol. The van der Waals surface area contributed by atoms with E-state index in [0.717, 1.165) is 16.7 Å². The number of anilines is 1. The maximum atomic E-state index is 14.6. The Morgan fingerprint density at radius 2 is 1.76 bits per heavy atom. The van der Waals surface area contributed by atoms with Crippen LogP contribution in [0.25, 0.3) is 0 Å². The molecule has 6 nitrogen and oxygen atoms in total. The summed E-state index contributed by atoms with van der Waals surface area (Å²) in [5.41, 5.74) is 3.92. The quantitative estimate of drug-likeness (QED) is 0.534. The third kappa shape index (κ3) is 4.72. The number of nitrogens with one attached hydrogen (secondary N) is 2. The standard InChI is InChI=1S/C21H22FN3O3S/c1-12-4-9-17(13(2)10-12)21(26)19-11-18(22)20(24-19)14(3)15-5-7-16(8-6-15)25-29(23,27)28/h4-11,14,24-25H,1-3H3,(H2,23,27,28). The van der Waals surface area contributed by atoms with E-state index in [0.29, 0.717) is 11.3 Å². The molecule has 0 aliphatic rings. The molecule has 8 heteroatoms. The highest BCUT2D eigenvalue weighted by atomic mass is 32.2. The minimum absolute atomic E-state index is 0.184. The predicted octanol–water partition coefficient (Wildman–Crippen LogP) is 3.77. The van der Waals surface area contributed by atoms with Gasteiger partial charge in [0.05, 0.1) is 11.4 Å². The SMILES string of the molecule is Cc1ccc(C(=O)c2cc(F)c(C(C)c3ccc(NS(N)(=O)=O)cc3)[nH]2)c(C)c1. The lowest BCUT2D eigenvalue weighted by Gasteiger charge is -2.12. The molecular formula is C21H22FN3O3S. The maximum Gasteiger partial charge on any atom is 0.296 e. The van der Waals surface area contributed by atoms with Crippen LogP contribution in [0, 0.1) is 19.7 Å². The van der Waals surface area contributed by atoms with Gasteiger partial charge in [0, 0.05) is 23.2 Å². The van der Waals surface area contributed by atoms with Gasteiger partial charge in [-0.25, -0.2) is 9.53 Å². The summed E-state index contributed by atoms with van der Waals surface area (Å²) >= 11 is 0. The van der Waals surface area contributed by atoms with Crippen molar-refractivity contribution in [2.45, 2.75) is 26.7 Å². The summed E-state index contributed by atoms with van der Waals surface area (Å²) in [4.78, 5) is 15.7. The number of benzene rings is 2. The fourth-order valence-electron chi connectivity index (χ4n) is 3.27. The van der Waals surface area contributed by atoms with Crippen molar-refractivity contribution in [2.75, 3.05) is 4.72 Å². The normalized spacial score (nSPS) is 12.6. The van der Waals surface area contributed by atoms with E-state index in [9.17, 15) is 17.6 Å². The number of nitrogens with two attached hydrogens (primary N) is 1. The highest BCUT2D eigenvalue weighted by molar-refractivity contribution is 7.90. The Hall–Kier alpha value is -2.97. The van der Waals surface area contributed by atoms with Crippen LogP contribution in [-0.4, -0.2) is 19.2 Å². The number of hydrogen-bond acceptors (Lipinski definition) is 3. The number of rotatable bonds is 6. The fourth-order valence-corrected chi connectivity index (χ4v) is 3.73. The number of H-pyrrole nitrogens is 1. The monoisotopic (exact) mass is 415 g/mol. The first kappa shape index (κ1) is 20.8. The first-order valence-corrected chi connectivity index (χ1v) is 10.5. The van der Waals surface area contributed by atoms with Gasteiger partial charge >= 0.3 is 0 Å². The van der Waals surface area contributed by atoms with Gasteiger partial charge < -0.3 is 4.98 Å². The van der Waals surface area contributed by atoms with Crippen molar-refractivity contribution in [3.63, 3.8) is 0 Å². The summed E-state index contributed by atoms with van der Waals surface area (Å²) in [5.74, 6) is -1.15. The zero-order valence-electron chi connectivity index (χ0n) is 16.3. The van der Waals surface area contributed by atoms with E-state index >= 15 is 0 Å². The van der Waals surface area contributed by atoms with E-state index < -0.39 is 16.0 Å². The molecule has 0 bridgehead atoms. The molecule has 0 fully saturated rings. The zero-order chi connectivity index (χ0) is 21.3. The third-order valence-corrected chi connectivity index (χ3v) is 5.29. The summed E-state index contributed by atoms with van der Waals surface area (Å²) in [5, 5.41) is 4.95. The lowest BCUT2D eigenvalue weighted by molar-refractivity contribution is 0.103. The summed E-state index contributed by atoms with van der Waals surface area (Å²) in [6, 6.07) is 13.1. The molecule has 152 valence electrons. The van der Waals surface area contributed by atoms with Gasteiger partial charge in [0.25, 0.3) is 10.2 Å². The average molecular weight is 415 g/mol. The molecule has 2 aromatic carbocycles. The molecule has 1 unspecified atom stereocenters. The number of aromatic nitrogens is 1. The fraction of sp³-hybridized carbons (Fsp3) is 0.190. The molecular weight excluding hydrogens is 393 g/mol. The van der Waals surface area contributed by atoms with Crippen molar-refractivity contribution < 1.29 is 17.6 Å². The van der Waals surface area contributed by atoms with Crippen molar-refractivity contribution in [1.29, 1.82) is 0 Å². The lowest BCUT2D eigenvalue weighted by atomic mass is 9.97. The van der Waals surface area contributed by atoms with Gasteiger partial charge in [-0.15, -0.1) is 0 Å². The van der Waals surface area contributed by atoms with Crippen LogP contribution in [0.3, 0.4) is 0 Å². The first-order chi connectivity index (χ1) is 13.5. The number of carbonyl (C=O) groups is 1. The third-order valence-electron chi connectivity index (χ3n) is 4.77. The van der Waals surface area contributed by atoms with E-state index in [4.69, 9.17) is 5.14 Å². The van der Waals surface area contributed by atoms with E-state index in [-0.39, 0.29) is 23.1 Å². The minimum atomic E-state index is -3.86. The van der Waals surface area contributed by atoms with E-state index in [1.54, 1.807) is 37.3 Å². The maximum absolute atomic E-state index is 14.6. The van der Waals surface area contributed by atoms with Crippen LogP contribution in [0.2, 0.25) is 0 Å². The molecule has 0 aliphatic carbocycles. The van der Waals surface area contributed by atoms with Gasteiger partial charge in [0.1, 0.15) is 5.82 Å². The summed E-state index contributed by atoms with van der Waals surface area (Å²) in [6.07, 6.45) is 0. The molecule has 0 saturated carbocycles. The van der Waals surface area contributed by atoms with Crippen LogP contribution in [0.5, 0.6) is 0 Å². The average Bonchev–Trinajstić information content (AvgIpc) is 3.02. The largest absolute Gasteiger partial charge is 0.353 e. The Labute approximate surface area is 169 Å². The molecule has 3 aromatic rings. The number of carbonyl (C=O) groups excluding carboxylic acids is 1. The summed E-state index contributed by atoms with van der Waals surface area (Å²) in [6.45, 7) is 5.59. The van der Waals surface area contributed by atoms with Crippen LogP contribution >= 0.6 is 0 Å². The topological polar surface area (TPSA) is 105 Å². The second kappa shape index (κ2) is 7.81. The molecule has 0 saturated heterocycles. The van der Waals surface area contributed by atoms with Crippen LogP contribution in [0.4, 0.5) is 10.1 Å². The number of hydrogen-bond donors (Lipinski definition) is 3. The number of aromatic amines is 1. The number of aryl methyl sites for hydroxylation is 2. The molecule has 0 amide bonds. The number of ketones is 1. The molecule has 1 aromatic heterocycles. The van der Waals surface area contributed by atoms with Gasteiger partial charge in [0.15, 0.2) is 0 Å². The second-order valence-electron chi connectivity index (χ2n) is 7.08. The van der Waals surface area contributed by atoms with Crippen molar-refractivity contribution in [3.05, 3.63) is 88.0 Å². The summed E-state index contributed by atoms with van der Waals surface area (Å²) < 4.78 is 38.9. The van der Waals surface area contributed by atoms with Crippen molar-refractivity contribution >= 4 is 21.7 Å². The first-order valence-electron chi connectivity index (χ1n) is 8.96. The Bertz CT molecular complexity index is 1170. The molecule has 3 rings (SSSR count). The smallest absolute Gasteiger partial charge is 0.296 e. The molecule has 1 atom stereocenters. The molecule has 0 radical (unpaired) electrons.